The maximum atomic E-state index is 13.1. The first-order valence-electron chi connectivity index (χ1n) is 11.8. The Morgan fingerprint density at radius 1 is 1.11 bits per heavy atom. The van der Waals surface area contributed by atoms with E-state index in [4.69, 9.17) is 4.74 Å². The van der Waals surface area contributed by atoms with Gasteiger partial charge < -0.3 is 9.84 Å². The summed E-state index contributed by atoms with van der Waals surface area (Å²) in [7, 11) is 0. The van der Waals surface area contributed by atoms with E-state index in [1.54, 1.807) is 0 Å². The lowest BCUT2D eigenvalue weighted by Gasteiger charge is -2.49. The largest absolute Gasteiger partial charge is 0.459 e. The quantitative estimate of drug-likeness (QED) is 0.696. The highest BCUT2D eigenvalue weighted by Gasteiger charge is 2.67. The van der Waals surface area contributed by atoms with Crippen molar-refractivity contribution in [3.63, 3.8) is 0 Å². The lowest BCUT2D eigenvalue weighted by atomic mass is 9.58. The third kappa shape index (κ3) is 2.39. The van der Waals surface area contributed by atoms with Gasteiger partial charge in [-0.2, -0.15) is 0 Å². The summed E-state index contributed by atoms with van der Waals surface area (Å²) in [6.45, 7) is 6.96. The first-order valence-corrected chi connectivity index (χ1v) is 11.8. The standard InChI is InChI=1S/C24H38O3/c1-4-23(12-17-6-7-19(23)10-17)27-21(25)14-24(26)9-5-8-22(24)13-18-11-20(22)16(3)15(18)2/h15-20,26H,4-14H2,1-3H3. The zero-order valence-electron chi connectivity index (χ0n) is 17.5. The molecule has 27 heavy (non-hydrogen) atoms. The van der Waals surface area contributed by atoms with Crippen molar-refractivity contribution in [2.75, 3.05) is 0 Å². The van der Waals surface area contributed by atoms with E-state index in [9.17, 15) is 9.90 Å². The smallest absolute Gasteiger partial charge is 0.309 e. The highest BCUT2D eigenvalue weighted by molar-refractivity contribution is 5.72. The highest BCUT2D eigenvalue weighted by atomic mass is 16.6. The van der Waals surface area contributed by atoms with Crippen LogP contribution in [0.4, 0.5) is 0 Å². The summed E-state index contributed by atoms with van der Waals surface area (Å²) in [6, 6.07) is 0. The number of fused-ring (bicyclic) bond motifs is 5. The molecule has 0 radical (unpaired) electrons. The summed E-state index contributed by atoms with van der Waals surface area (Å²) in [5.74, 6) is 4.01. The molecule has 4 bridgehead atoms. The van der Waals surface area contributed by atoms with Crippen LogP contribution in [0.3, 0.4) is 0 Å². The minimum atomic E-state index is -0.829. The Kier molecular flexibility index (Phi) is 4.08. The average molecular weight is 375 g/mol. The molecule has 3 heteroatoms. The van der Waals surface area contributed by atoms with Crippen molar-refractivity contribution in [2.45, 2.75) is 103 Å². The summed E-state index contributed by atoms with van der Waals surface area (Å²) in [5.41, 5.74) is -1.07. The van der Waals surface area contributed by atoms with Crippen molar-refractivity contribution >= 4 is 5.97 Å². The van der Waals surface area contributed by atoms with Crippen molar-refractivity contribution < 1.29 is 14.6 Å². The summed E-state index contributed by atoms with van der Waals surface area (Å²) in [6.07, 6.45) is 11.4. The van der Waals surface area contributed by atoms with Gasteiger partial charge in [0.25, 0.3) is 0 Å². The summed E-state index contributed by atoms with van der Waals surface area (Å²) in [5, 5.41) is 11.8. The minimum Gasteiger partial charge on any atom is -0.459 e. The molecule has 5 aliphatic carbocycles. The summed E-state index contributed by atoms with van der Waals surface area (Å²) in [4.78, 5) is 13.1. The third-order valence-corrected chi connectivity index (χ3v) is 10.5. The number of aliphatic hydroxyl groups is 1. The zero-order chi connectivity index (χ0) is 19.0. The monoisotopic (exact) mass is 374 g/mol. The molecule has 5 fully saturated rings. The van der Waals surface area contributed by atoms with Gasteiger partial charge in [0.1, 0.15) is 5.60 Å². The number of carbonyl (C=O) groups is 1. The number of esters is 1. The number of ether oxygens (including phenoxy) is 1. The Labute approximate surface area is 164 Å². The van der Waals surface area contributed by atoms with Crippen molar-refractivity contribution in [3.8, 4) is 0 Å². The average Bonchev–Trinajstić information content (AvgIpc) is 3.40. The topological polar surface area (TPSA) is 46.5 Å². The van der Waals surface area contributed by atoms with Crippen LogP contribution in [0.25, 0.3) is 0 Å². The molecule has 0 saturated heterocycles. The van der Waals surface area contributed by atoms with Gasteiger partial charge in [0.05, 0.1) is 12.0 Å². The van der Waals surface area contributed by atoms with Crippen LogP contribution in [0.2, 0.25) is 0 Å². The van der Waals surface area contributed by atoms with Crippen LogP contribution >= 0.6 is 0 Å². The van der Waals surface area contributed by atoms with E-state index in [0.29, 0.717) is 17.8 Å². The van der Waals surface area contributed by atoms with E-state index < -0.39 is 5.60 Å². The molecule has 9 unspecified atom stereocenters. The van der Waals surface area contributed by atoms with Crippen LogP contribution < -0.4 is 0 Å². The van der Waals surface area contributed by atoms with Gasteiger partial charge in [-0.25, -0.2) is 0 Å². The van der Waals surface area contributed by atoms with Crippen LogP contribution in [0.5, 0.6) is 0 Å². The molecule has 152 valence electrons. The molecule has 1 N–H and O–H groups in total. The summed E-state index contributed by atoms with van der Waals surface area (Å²) >= 11 is 0. The fourth-order valence-corrected chi connectivity index (χ4v) is 8.96. The SMILES string of the molecule is CCC1(OC(=O)CC2(O)CCCC23CC2CC3C(C)C2C)CC2CCC1C2. The Balaban J connectivity index is 1.33. The zero-order valence-corrected chi connectivity index (χ0v) is 17.5. The van der Waals surface area contributed by atoms with Crippen LogP contribution in [0.1, 0.15) is 91.4 Å². The molecule has 0 aliphatic heterocycles. The van der Waals surface area contributed by atoms with Crippen molar-refractivity contribution in [1.29, 1.82) is 0 Å². The fourth-order valence-electron chi connectivity index (χ4n) is 8.96. The first-order chi connectivity index (χ1) is 12.8. The van der Waals surface area contributed by atoms with Gasteiger partial charge in [-0.15, -0.1) is 0 Å². The maximum Gasteiger partial charge on any atom is 0.309 e. The van der Waals surface area contributed by atoms with Gasteiger partial charge >= 0.3 is 5.97 Å². The van der Waals surface area contributed by atoms with E-state index >= 15 is 0 Å². The number of rotatable bonds is 4. The van der Waals surface area contributed by atoms with E-state index in [-0.39, 0.29) is 23.4 Å². The van der Waals surface area contributed by atoms with Gasteiger partial charge in [0, 0.05) is 5.41 Å². The molecule has 3 nitrogen and oxygen atoms in total. The van der Waals surface area contributed by atoms with Crippen LogP contribution in [-0.2, 0) is 9.53 Å². The number of carbonyl (C=O) groups excluding carboxylic acids is 1. The van der Waals surface area contributed by atoms with Gasteiger partial charge in [-0.1, -0.05) is 20.8 Å². The molecule has 1 spiro atoms. The molecule has 0 amide bonds. The Morgan fingerprint density at radius 2 is 1.93 bits per heavy atom. The van der Waals surface area contributed by atoms with Crippen molar-refractivity contribution in [2.24, 2.45) is 40.9 Å². The second-order valence-corrected chi connectivity index (χ2v) is 11.2. The number of hydrogen-bond donors (Lipinski definition) is 1. The van der Waals surface area contributed by atoms with Gasteiger partial charge in [-0.05, 0) is 99.7 Å². The van der Waals surface area contributed by atoms with Crippen LogP contribution in [0.15, 0.2) is 0 Å². The molecule has 0 aromatic heterocycles. The molecular formula is C24H38O3. The minimum absolute atomic E-state index is 0.0172. The maximum absolute atomic E-state index is 13.1. The van der Waals surface area contributed by atoms with Gasteiger partial charge in [0.15, 0.2) is 0 Å². The predicted octanol–water partition coefficient (Wildman–Crippen LogP) is 5.10. The first kappa shape index (κ1) is 18.5. The molecule has 0 aromatic rings. The van der Waals surface area contributed by atoms with Gasteiger partial charge in [0.2, 0.25) is 0 Å². The molecule has 0 heterocycles. The van der Waals surface area contributed by atoms with Crippen LogP contribution in [0, 0.1) is 40.9 Å². The molecule has 5 saturated carbocycles. The molecule has 9 atom stereocenters. The van der Waals surface area contributed by atoms with E-state index in [1.807, 2.05) is 0 Å². The molecule has 0 aromatic carbocycles. The number of hydrogen-bond acceptors (Lipinski definition) is 3. The van der Waals surface area contributed by atoms with Crippen LogP contribution in [-0.4, -0.2) is 22.3 Å². The summed E-state index contributed by atoms with van der Waals surface area (Å²) < 4.78 is 6.24. The van der Waals surface area contributed by atoms with E-state index in [2.05, 4.69) is 20.8 Å². The Hall–Kier alpha value is -0.570. The Morgan fingerprint density at radius 3 is 2.52 bits per heavy atom. The van der Waals surface area contributed by atoms with E-state index in [1.165, 1.54) is 25.7 Å². The predicted molar refractivity (Wildman–Crippen MR) is 105 cm³/mol. The van der Waals surface area contributed by atoms with Gasteiger partial charge in [-0.3, -0.25) is 4.79 Å². The molecule has 5 aliphatic rings. The second kappa shape index (κ2) is 5.97. The molecular weight excluding hydrogens is 336 g/mol. The van der Waals surface area contributed by atoms with E-state index in [0.717, 1.165) is 56.3 Å². The molecule has 5 rings (SSSR count). The lowest BCUT2D eigenvalue weighted by molar-refractivity contribution is -0.180. The van der Waals surface area contributed by atoms with Crippen molar-refractivity contribution in [1.82, 2.24) is 0 Å². The second-order valence-electron chi connectivity index (χ2n) is 11.2. The Bertz CT molecular complexity index is 629. The normalized spacial score (nSPS) is 55.7. The van der Waals surface area contributed by atoms with Crippen molar-refractivity contribution in [3.05, 3.63) is 0 Å². The highest BCUT2D eigenvalue weighted by Crippen LogP contribution is 2.70. The lowest BCUT2D eigenvalue weighted by Crippen LogP contribution is -2.52. The third-order valence-electron chi connectivity index (χ3n) is 10.5. The fraction of sp³-hybridized carbons (Fsp3) is 0.958.